The smallest absolute Gasteiger partial charge is 0.292 e. The fourth-order valence-corrected chi connectivity index (χ4v) is 1.79. The molecule has 1 aromatic carbocycles. The molecule has 2 aromatic rings. The second-order valence-corrected chi connectivity index (χ2v) is 4.22. The summed E-state index contributed by atoms with van der Waals surface area (Å²) in [5.74, 6) is -0.205. The minimum Gasteiger partial charge on any atom is -0.383 e. The van der Waals surface area contributed by atoms with Crippen molar-refractivity contribution in [1.82, 2.24) is 4.98 Å². The second-order valence-electron chi connectivity index (χ2n) is 4.22. The second kappa shape index (κ2) is 6.42. The van der Waals surface area contributed by atoms with E-state index < -0.39 is 4.92 Å². The minimum atomic E-state index is -0.466. The summed E-state index contributed by atoms with van der Waals surface area (Å²) in [6.07, 6.45) is 5.97. The van der Waals surface area contributed by atoms with Gasteiger partial charge in [0, 0.05) is 31.1 Å². The zero-order chi connectivity index (χ0) is 15.2. The van der Waals surface area contributed by atoms with Gasteiger partial charge in [-0.25, -0.2) is 0 Å². The number of ketones is 1. The fourth-order valence-electron chi connectivity index (χ4n) is 1.79. The lowest BCUT2D eigenvalue weighted by molar-refractivity contribution is -0.383. The van der Waals surface area contributed by atoms with Gasteiger partial charge in [0.1, 0.15) is 5.69 Å². The number of nitrogens with one attached hydrogen (secondary N) is 1. The molecular formula is C15H13N3O3. The van der Waals surface area contributed by atoms with Gasteiger partial charge in [0.15, 0.2) is 5.78 Å². The lowest BCUT2D eigenvalue weighted by Crippen LogP contribution is -1.97. The van der Waals surface area contributed by atoms with Crippen LogP contribution in [0, 0.1) is 10.1 Å². The summed E-state index contributed by atoms with van der Waals surface area (Å²) in [5.41, 5.74) is 1.44. The Morgan fingerprint density at radius 1 is 1.38 bits per heavy atom. The number of benzene rings is 1. The molecule has 0 aliphatic rings. The predicted molar refractivity (Wildman–Crippen MR) is 80.2 cm³/mol. The Kier molecular flexibility index (Phi) is 4.40. The third-order valence-corrected chi connectivity index (χ3v) is 2.86. The van der Waals surface area contributed by atoms with Gasteiger partial charge in [-0.2, -0.15) is 0 Å². The van der Waals surface area contributed by atoms with Crippen LogP contribution in [-0.4, -0.2) is 22.7 Å². The maximum Gasteiger partial charge on any atom is 0.292 e. The maximum absolute atomic E-state index is 11.9. The van der Waals surface area contributed by atoms with Gasteiger partial charge in [-0.3, -0.25) is 19.9 Å². The first kappa shape index (κ1) is 14.4. The van der Waals surface area contributed by atoms with Crippen LogP contribution in [-0.2, 0) is 0 Å². The molecule has 0 saturated heterocycles. The van der Waals surface area contributed by atoms with Crippen LogP contribution < -0.4 is 5.32 Å². The van der Waals surface area contributed by atoms with E-state index >= 15 is 0 Å². The molecule has 1 N–H and O–H groups in total. The molecule has 0 amide bonds. The van der Waals surface area contributed by atoms with Gasteiger partial charge in [-0.05, 0) is 29.8 Å². The van der Waals surface area contributed by atoms with Crippen LogP contribution in [0.5, 0.6) is 0 Å². The largest absolute Gasteiger partial charge is 0.383 e. The van der Waals surface area contributed by atoms with Gasteiger partial charge in [-0.15, -0.1) is 0 Å². The van der Waals surface area contributed by atoms with E-state index in [4.69, 9.17) is 0 Å². The standard InChI is InChI=1S/C15H13N3O3/c1-16-13-6-4-11(9-14(13)18(20)21)5-7-15(19)12-3-2-8-17-10-12/h2-10,16H,1H3/b7-5+. The van der Waals surface area contributed by atoms with Crippen molar-refractivity contribution >= 4 is 23.2 Å². The average molecular weight is 283 g/mol. The molecule has 1 heterocycles. The van der Waals surface area contributed by atoms with Crippen molar-refractivity contribution in [2.75, 3.05) is 12.4 Å². The van der Waals surface area contributed by atoms with Crippen LogP contribution in [0.4, 0.5) is 11.4 Å². The number of nitro groups is 1. The highest BCUT2D eigenvalue weighted by atomic mass is 16.6. The first-order valence-corrected chi connectivity index (χ1v) is 6.20. The highest BCUT2D eigenvalue weighted by Crippen LogP contribution is 2.25. The lowest BCUT2D eigenvalue weighted by atomic mass is 10.1. The summed E-state index contributed by atoms with van der Waals surface area (Å²) in [4.78, 5) is 26.2. The minimum absolute atomic E-state index is 0.0338. The van der Waals surface area contributed by atoms with Crippen LogP contribution >= 0.6 is 0 Å². The number of anilines is 1. The van der Waals surface area contributed by atoms with E-state index in [1.54, 1.807) is 43.6 Å². The zero-order valence-corrected chi connectivity index (χ0v) is 11.3. The molecule has 0 fully saturated rings. The average Bonchev–Trinajstić information content (AvgIpc) is 2.53. The van der Waals surface area contributed by atoms with Gasteiger partial charge in [-0.1, -0.05) is 12.1 Å². The summed E-state index contributed by atoms with van der Waals surface area (Å²) >= 11 is 0. The molecule has 0 radical (unpaired) electrons. The van der Waals surface area contributed by atoms with Crippen LogP contribution in [0.1, 0.15) is 15.9 Å². The Labute approximate surface area is 121 Å². The number of hydrogen-bond acceptors (Lipinski definition) is 5. The predicted octanol–water partition coefficient (Wildman–Crippen LogP) is 2.93. The third-order valence-electron chi connectivity index (χ3n) is 2.86. The van der Waals surface area contributed by atoms with Crippen LogP contribution in [0.25, 0.3) is 6.08 Å². The van der Waals surface area contributed by atoms with Crippen molar-refractivity contribution in [3.8, 4) is 0 Å². The van der Waals surface area contributed by atoms with Crippen molar-refractivity contribution in [3.63, 3.8) is 0 Å². The number of nitro benzene ring substituents is 1. The van der Waals surface area contributed by atoms with Gasteiger partial charge < -0.3 is 5.32 Å². The molecule has 0 saturated carbocycles. The molecule has 6 heteroatoms. The van der Waals surface area contributed by atoms with E-state index in [9.17, 15) is 14.9 Å². The summed E-state index contributed by atoms with van der Waals surface area (Å²) < 4.78 is 0. The number of nitrogens with zero attached hydrogens (tertiary/aromatic N) is 2. The highest BCUT2D eigenvalue weighted by molar-refractivity contribution is 6.06. The number of rotatable bonds is 5. The first-order valence-electron chi connectivity index (χ1n) is 6.20. The highest BCUT2D eigenvalue weighted by Gasteiger charge is 2.12. The van der Waals surface area contributed by atoms with Gasteiger partial charge in [0.2, 0.25) is 0 Å². The van der Waals surface area contributed by atoms with Gasteiger partial charge in [0.05, 0.1) is 4.92 Å². The van der Waals surface area contributed by atoms with E-state index in [2.05, 4.69) is 10.3 Å². The number of hydrogen-bond donors (Lipinski definition) is 1. The van der Waals surface area contributed by atoms with Crippen molar-refractivity contribution in [2.24, 2.45) is 0 Å². The molecule has 1 aromatic heterocycles. The summed E-state index contributed by atoms with van der Waals surface area (Å²) in [6, 6.07) is 8.05. The van der Waals surface area contributed by atoms with Crippen LogP contribution in [0.3, 0.4) is 0 Å². The van der Waals surface area contributed by atoms with E-state index in [0.717, 1.165) is 0 Å². The molecular weight excluding hydrogens is 270 g/mol. The topological polar surface area (TPSA) is 85.1 Å². The Morgan fingerprint density at radius 3 is 2.81 bits per heavy atom. The van der Waals surface area contributed by atoms with E-state index in [1.165, 1.54) is 18.3 Å². The zero-order valence-electron chi connectivity index (χ0n) is 11.3. The van der Waals surface area contributed by atoms with Crippen molar-refractivity contribution in [1.29, 1.82) is 0 Å². The molecule has 0 aliphatic carbocycles. The van der Waals surface area contributed by atoms with Crippen molar-refractivity contribution < 1.29 is 9.72 Å². The van der Waals surface area contributed by atoms with Gasteiger partial charge in [0.25, 0.3) is 5.69 Å². The van der Waals surface area contributed by atoms with E-state index in [-0.39, 0.29) is 11.5 Å². The molecule has 0 bridgehead atoms. The normalized spacial score (nSPS) is 10.5. The quantitative estimate of drug-likeness (QED) is 0.394. The maximum atomic E-state index is 11.9. The Hall–Kier alpha value is -3.02. The molecule has 0 aliphatic heterocycles. The van der Waals surface area contributed by atoms with Crippen LogP contribution in [0.15, 0.2) is 48.8 Å². The number of allylic oxidation sites excluding steroid dienone is 1. The monoisotopic (exact) mass is 283 g/mol. The molecule has 0 spiro atoms. The lowest BCUT2D eigenvalue weighted by Gasteiger charge is -2.02. The van der Waals surface area contributed by atoms with Crippen LogP contribution in [0.2, 0.25) is 0 Å². The molecule has 0 unspecified atom stereocenters. The summed E-state index contributed by atoms with van der Waals surface area (Å²) in [6.45, 7) is 0. The fraction of sp³-hybridized carbons (Fsp3) is 0.0667. The summed E-state index contributed by atoms with van der Waals surface area (Å²) in [5, 5.41) is 13.7. The Bertz CT molecular complexity index is 697. The van der Waals surface area contributed by atoms with Crippen molar-refractivity contribution in [3.05, 3.63) is 70.0 Å². The van der Waals surface area contributed by atoms with E-state index in [0.29, 0.717) is 16.8 Å². The van der Waals surface area contributed by atoms with Gasteiger partial charge >= 0.3 is 0 Å². The Morgan fingerprint density at radius 2 is 2.19 bits per heavy atom. The SMILES string of the molecule is CNc1ccc(/C=C/C(=O)c2cccnc2)cc1[N+](=O)[O-]. The number of aromatic nitrogens is 1. The number of carbonyl (C=O) groups is 1. The van der Waals surface area contributed by atoms with E-state index in [1.807, 2.05) is 0 Å². The molecule has 106 valence electrons. The molecule has 2 rings (SSSR count). The first-order chi connectivity index (χ1) is 10.1. The third kappa shape index (κ3) is 3.50. The molecule has 21 heavy (non-hydrogen) atoms. The molecule has 0 atom stereocenters. The molecule has 6 nitrogen and oxygen atoms in total. The summed E-state index contributed by atoms with van der Waals surface area (Å²) in [7, 11) is 1.61. The number of carbonyl (C=O) groups excluding carboxylic acids is 1. The van der Waals surface area contributed by atoms with Crippen molar-refractivity contribution in [2.45, 2.75) is 0 Å². The Balaban J connectivity index is 2.24. The number of pyridine rings is 1.